The lowest BCUT2D eigenvalue weighted by Gasteiger charge is -2.22. The molecule has 2 aromatic rings. The zero-order valence-electron chi connectivity index (χ0n) is 17.0. The van der Waals surface area contributed by atoms with Gasteiger partial charge in [-0.3, -0.25) is 14.4 Å². The van der Waals surface area contributed by atoms with Crippen LogP contribution in [0.25, 0.3) is 0 Å². The van der Waals surface area contributed by atoms with Crippen LogP contribution < -0.4 is 14.4 Å². The van der Waals surface area contributed by atoms with Crippen molar-refractivity contribution in [1.29, 1.82) is 0 Å². The molecule has 0 unspecified atom stereocenters. The first-order valence-electron chi connectivity index (χ1n) is 9.89. The van der Waals surface area contributed by atoms with Gasteiger partial charge in [0, 0.05) is 30.3 Å². The van der Waals surface area contributed by atoms with E-state index in [2.05, 4.69) is 0 Å². The number of carbonyl (C=O) groups is 3. The lowest BCUT2D eigenvalue weighted by molar-refractivity contribution is -0.147. The maximum absolute atomic E-state index is 12.5. The van der Waals surface area contributed by atoms with Gasteiger partial charge in [0.15, 0.2) is 18.1 Å². The van der Waals surface area contributed by atoms with E-state index in [0.29, 0.717) is 36.0 Å². The first-order chi connectivity index (χ1) is 14.4. The number of ether oxygens (including phenoxy) is 3. The Kier molecular flexibility index (Phi) is 5.44. The second-order valence-electron chi connectivity index (χ2n) is 7.58. The molecular formula is C23H23NO6. The third-order valence-electron chi connectivity index (χ3n) is 5.33. The van der Waals surface area contributed by atoms with Crippen LogP contribution in [-0.2, 0) is 14.3 Å². The average Bonchev–Trinajstić information content (AvgIpc) is 3.14. The second-order valence-corrected chi connectivity index (χ2v) is 7.58. The Labute approximate surface area is 174 Å². The molecule has 1 atom stereocenters. The van der Waals surface area contributed by atoms with Gasteiger partial charge in [-0.05, 0) is 37.6 Å². The Hall–Kier alpha value is -3.35. The molecule has 2 heterocycles. The smallest absolute Gasteiger partial charge is 0.311 e. The summed E-state index contributed by atoms with van der Waals surface area (Å²) < 4.78 is 16.3. The van der Waals surface area contributed by atoms with Gasteiger partial charge in [0.25, 0.3) is 0 Å². The quantitative estimate of drug-likeness (QED) is 0.558. The number of carbonyl (C=O) groups excluding carboxylic acids is 3. The van der Waals surface area contributed by atoms with Crippen molar-refractivity contribution in [3.63, 3.8) is 0 Å². The minimum absolute atomic E-state index is 0.0466. The number of amides is 1. The maximum atomic E-state index is 12.5. The first kappa shape index (κ1) is 19.9. The van der Waals surface area contributed by atoms with Gasteiger partial charge < -0.3 is 19.1 Å². The zero-order valence-corrected chi connectivity index (χ0v) is 17.0. The fraction of sp³-hybridized carbons (Fsp3) is 0.348. The standard InChI is InChI=1S/C23H23NO6/c1-14-3-4-15(2)18(9-14)19(25)13-30-23(27)16-10-22(26)24(12-16)17-5-6-20-21(11-17)29-8-7-28-20/h3-6,9,11,16H,7-8,10,12-13H2,1-2H3/t16-/m0/s1. The number of benzene rings is 2. The van der Waals surface area contributed by atoms with Crippen molar-refractivity contribution < 1.29 is 28.6 Å². The molecule has 0 radical (unpaired) electrons. The number of esters is 1. The van der Waals surface area contributed by atoms with Crippen molar-refractivity contribution in [2.45, 2.75) is 20.3 Å². The van der Waals surface area contributed by atoms with E-state index in [0.717, 1.165) is 11.1 Å². The summed E-state index contributed by atoms with van der Waals surface area (Å²) in [7, 11) is 0. The van der Waals surface area contributed by atoms with E-state index >= 15 is 0 Å². The summed E-state index contributed by atoms with van der Waals surface area (Å²) >= 11 is 0. The summed E-state index contributed by atoms with van der Waals surface area (Å²) in [5.74, 6) is -0.361. The summed E-state index contributed by atoms with van der Waals surface area (Å²) in [6, 6.07) is 10.8. The van der Waals surface area contributed by atoms with Crippen molar-refractivity contribution in [2.24, 2.45) is 5.92 Å². The first-order valence-corrected chi connectivity index (χ1v) is 9.89. The van der Waals surface area contributed by atoms with E-state index in [9.17, 15) is 14.4 Å². The van der Waals surface area contributed by atoms with Crippen LogP contribution in [-0.4, -0.2) is 44.0 Å². The van der Waals surface area contributed by atoms with Gasteiger partial charge in [-0.25, -0.2) is 0 Å². The lowest BCUT2D eigenvalue weighted by atomic mass is 10.0. The molecule has 7 heteroatoms. The predicted octanol–water partition coefficient (Wildman–Crippen LogP) is 2.85. The highest BCUT2D eigenvalue weighted by molar-refractivity contribution is 6.01. The van der Waals surface area contributed by atoms with Crippen molar-refractivity contribution in [3.8, 4) is 11.5 Å². The fourth-order valence-corrected chi connectivity index (χ4v) is 3.68. The molecule has 156 valence electrons. The van der Waals surface area contributed by atoms with Gasteiger partial charge in [-0.15, -0.1) is 0 Å². The molecule has 7 nitrogen and oxygen atoms in total. The van der Waals surface area contributed by atoms with Gasteiger partial charge in [0.05, 0.1) is 5.92 Å². The molecule has 30 heavy (non-hydrogen) atoms. The van der Waals surface area contributed by atoms with Gasteiger partial charge in [0.2, 0.25) is 11.7 Å². The molecular weight excluding hydrogens is 386 g/mol. The van der Waals surface area contributed by atoms with Gasteiger partial charge in [0.1, 0.15) is 13.2 Å². The van der Waals surface area contributed by atoms with Crippen LogP contribution in [0.1, 0.15) is 27.9 Å². The van der Waals surface area contributed by atoms with E-state index in [1.165, 1.54) is 4.90 Å². The van der Waals surface area contributed by atoms with E-state index < -0.39 is 11.9 Å². The van der Waals surface area contributed by atoms with Crippen LogP contribution in [0.3, 0.4) is 0 Å². The average molecular weight is 409 g/mol. The largest absolute Gasteiger partial charge is 0.486 e. The minimum Gasteiger partial charge on any atom is -0.486 e. The molecule has 0 saturated carbocycles. The Morgan fingerprint density at radius 2 is 1.83 bits per heavy atom. The molecule has 0 aromatic heterocycles. The Bertz CT molecular complexity index is 1010. The molecule has 2 aromatic carbocycles. The minimum atomic E-state index is -0.614. The molecule has 2 aliphatic heterocycles. The van der Waals surface area contributed by atoms with Crippen molar-refractivity contribution in [2.75, 3.05) is 31.3 Å². The van der Waals surface area contributed by atoms with E-state index in [1.54, 1.807) is 24.3 Å². The van der Waals surface area contributed by atoms with Crippen molar-refractivity contribution >= 4 is 23.3 Å². The molecule has 0 bridgehead atoms. The summed E-state index contributed by atoms with van der Waals surface area (Å²) in [5, 5.41) is 0. The molecule has 0 spiro atoms. The molecule has 1 amide bonds. The predicted molar refractivity (Wildman–Crippen MR) is 109 cm³/mol. The van der Waals surface area contributed by atoms with Crippen LogP contribution in [0.5, 0.6) is 11.5 Å². The maximum Gasteiger partial charge on any atom is 0.311 e. The van der Waals surface area contributed by atoms with Gasteiger partial charge in [-0.1, -0.05) is 17.7 Å². The van der Waals surface area contributed by atoms with Crippen LogP contribution in [0.4, 0.5) is 5.69 Å². The number of fused-ring (bicyclic) bond motifs is 1. The highest BCUT2D eigenvalue weighted by Crippen LogP contribution is 2.36. The number of hydrogen-bond donors (Lipinski definition) is 0. The molecule has 1 fully saturated rings. The second kappa shape index (κ2) is 8.18. The third-order valence-corrected chi connectivity index (χ3v) is 5.33. The molecule has 2 aliphatic rings. The summed E-state index contributed by atoms with van der Waals surface area (Å²) in [4.78, 5) is 39.0. The Morgan fingerprint density at radius 1 is 1.07 bits per heavy atom. The number of Topliss-reactive ketones (excluding diaryl/α,β-unsaturated/α-hetero) is 1. The normalized spacial score (nSPS) is 17.7. The number of aryl methyl sites for hydroxylation is 2. The van der Waals surface area contributed by atoms with Crippen LogP contribution >= 0.6 is 0 Å². The third kappa shape index (κ3) is 4.01. The molecule has 0 aliphatic carbocycles. The number of hydrogen-bond acceptors (Lipinski definition) is 6. The Balaban J connectivity index is 1.38. The topological polar surface area (TPSA) is 82.1 Å². The van der Waals surface area contributed by atoms with Gasteiger partial charge in [-0.2, -0.15) is 0 Å². The molecule has 4 rings (SSSR count). The fourth-order valence-electron chi connectivity index (χ4n) is 3.68. The van der Waals surface area contributed by atoms with Crippen LogP contribution in [0.15, 0.2) is 36.4 Å². The van der Waals surface area contributed by atoms with E-state index in [4.69, 9.17) is 14.2 Å². The lowest BCUT2D eigenvalue weighted by Crippen LogP contribution is -2.27. The summed E-state index contributed by atoms with van der Waals surface area (Å²) in [5.41, 5.74) is 2.99. The Morgan fingerprint density at radius 3 is 2.63 bits per heavy atom. The molecule has 1 saturated heterocycles. The number of rotatable bonds is 5. The zero-order chi connectivity index (χ0) is 21.3. The van der Waals surface area contributed by atoms with Crippen LogP contribution in [0.2, 0.25) is 0 Å². The van der Waals surface area contributed by atoms with Crippen molar-refractivity contribution in [1.82, 2.24) is 0 Å². The SMILES string of the molecule is Cc1ccc(C)c(C(=O)COC(=O)[C@H]2CC(=O)N(c3ccc4c(c3)OCCO4)C2)c1. The summed E-state index contributed by atoms with van der Waals surface area (Å²) in [6.45, 7) is 4.55. The molecule has 0 N–H and O–H groups in total. The highest BCUT2D eigenvalue weighted by atomic mass is 16.6. The number of nitrogens with zero attached hydrogens (tertiary/aromatic N) is 1. The van der Waals surface area contributed by atoms with E-state index in [-0.39, 0.29) is 31.3 Å². The van der Waals surface area contributed by atoms with Crippen LogP contribution in [0, 0.1) is 19.8 Å². The number of anilines is 1. The number of ketones is 1. The van der Waals surface area contributed by atoms with Crippen molar-refractivity contribution in [3.05, 3.63) is 53.1 Å². The van der Waals surface area contributed by atoms with E-state index in [1.807, 2.05) is 26.0 Å². The van der Waals surface area contributed by atoms with Gasteiger partial charge >= 0.3 is 5.97 Å². The summed E-state index contributed by atoms with van der Waals surface area (Å²) in [6.07, 6.45) is 0.0466. The monoisotopic (exact) mass is 409 g/mol. The highest BCUT2D eigenvalue weighted by Gasteiger charge is 2.37.